The highest BCUT2D eigenvalue weighted by Gasteiger charge is 2.79. The highest BCUT2D eigenvalue weighted by Crippen LogP contribution is 2.64. The van der Waals surface area contributed by atoms with Gasteiger partial charge in [-0.25, -0.2) is 0 Å². The minimum atomic E-state index is -1.10. The van der Waals surface area contributed by atoms with E-state index in [0.717, 1.165) is 19.5 Å². The number of aliphatic hydroxyl groups excluding tert-OH is 1. The molecule has 0 aromatic rings. The quantitative estimate of drug-likeness (QED) is 0.388. The molecule has 7 atom stereocenters. The molecule has 10 heteroatoms. The van der Waals surface area contributed by atoms with Crippen molar-refractivity contribution in [3.63, 3.8) is 0 Å². The molecule has 0 saturated carbocycles. The number of amides is 2. The molecule has 0 radical (unpaired) electrons. The van der Waals surface area contributed by atoms with Gasteiger partial charge in [0.25, 0.3) is 0 Å². The molecule has 10 nitrogen and oxygen atoms in total. The van der Waals surface area contributed by atoms with Crippen LogP contribution in [-0.4, -0.2) is 109 Å². The summed E-state index contributed by atoms with van der Waals surface area (Å²) in [5, 5.41) is 13.4. The summed E-state index contributed by atoms with van der Waals surface area (Å²) in [4.78, 5) is 45.0. The first-order valence-corrected chi connectivity index (χ1v) is 13.7. The molecule has 4 fully saturated rings. The van der Waals surface area contributed by atoms with E-state index >= 15 is 0 Å². The lowest BCUT2D eigenvalue weighted by Crippen LogP contribution is -2.59. The number of hydrogen-bond donors (Lipinski definition) is 2. The summed E-state index contributed by atoms with van der Waals surface area (Å²) in [5.74, 6) is -2.58. The highest BCUT2D eigenvalue weighted by molar-refractivity contribution is 5.98. The Morgan fingerprint density at radius 1 is 1.22 bits per heavy atom. The van der Waals surface area contributed by atoms with Crippen LogP contribution in [0.2, 0.25) is 0 Å². The van der Waals surface area contributed by atoms with Crippen LogP contribution < -0.4 is 5.32 Å². The number of hydrogen-bond acceptors (Lipinski definition) is 8. The van der Waals surface area contributed by atoms with Crippen molar-refractivity contribution in [1.29, 1.82) is 0 Å². The summed E-state index contributed by atoms with van der Waals surface area (Å²) < 4.78 is 17.5. The van der Waals surface area contributed by atoms with Gasteiger partial charge in [-0.2, -0.15) is 0 Å². The van der Waals surface area contributed by atoms with Gasteiger partial charge >= 0.3 is 5.97 Å². The van der Waals surface area contributed by atoms with Crippen LogP contribution in [0.5, 0.6) is 0 Å². The molecule has 4 aliphatic rings. The summed E-state index contributed by atoms with van der Waals surface area (Å²) >= 11 is 0. The summed E-state index contributed by atoms with van der Waals surface area (Å²) in [5.41, 5.74) is -1.91. The van der Waals surface area contributed by atoms with Crippen LogP contribution in [0.1, 0.15) is 53.4 Å². The third-order valence-electron chi connectivity index (χ3n) is 9.08. The van der Waals surface area contributed by atoms with Gasteiger partial charge in [-0.05, 0) is 32.1 Å². The fourth-order valence-corrected chi connectivity index (χ4v) is 6.98. The molecule has 36 heavy (non-hydrogen) atoms. The maximum Gasteiger partial charge on any atom is 0.312 e. The van der Waals surface area contributed by atoms with E-state index in [1.165, 1.54) is 0 Å². The topological polar surface area (TPSA) is 118 Å². The molecule has 4 saturated heterocycles. The number of fused-ring (bicyclic) bond motifs is 1. The number of likely N-dealkylation sites (tertiary alicyclic amines) is 1. The predicted octanol–water partition coefficient (Wildman–Crippen LogP) is 0.560. The summed E-state index contributed by atoms with van der Waals surface area (Å²) in [6.07, 6.45) is 2.40. The molecular weight excluding hydrogens is 466 g/mol. The van der Waals surface area contributed by atoms with Crippen molar-refractivity contribution in [2.45, 2.75) is 76.7 Å². The van der Waals surface area contributed by atoms with E-state index in [-0.39, 0.29) is 30.9 Å². The van der Waals surface area contributed by atoms with E-state index in [1.54, 1.807) is 11.8 Å². The fraction of sp³-hybridized carbons (Fsp3) is 0.885. The van der Waals surface area contributed by atoms with E-state index < -0.39 is 41.1 Å². The van der Waals surface area contributed by atoms with Crippen molar-refractivity contribution < 1.29 is 33.7 Å². The molecule has 2 N–H and O–H groups in total. The van der Waals surface area contributed by atoms with Gasteiger partial charge in [0, 0.05) is 26.2 Å². The summed E-state index contributed by atoms with van der Waals surface area (Å²) in [6.45, 7) is 11.8. The molecule has 2 amide bonds. The molecule has 204 valence electrons. The Balaban J connectivity index is 1.66. The van der Waals surface area contributed by atoms with Gasteiger partial charge in [0.15, 0.2) is 0 Å². The number of carbonyl (C=O) groups excluding carboxylic acids is 3. The van der Waals surface area contributed by atoms with Gasteiger partial charge in [-0.3, -0.25) is 19.3 Å². The number of aliphatic hydroxyl groups is 1. The average molecular weight is 510 g/mol. The lowest BCUT2D eigenvalue weighted by molar-refractivity contribution is -0.162. The van der Waals surface area contributed by atoms with Crippen LogP contribution >= 0.6 is 0 Å². The first-order chi connectivity index (χ1) is 17.3. The predicted molar refractivity (Wildman–Crippen MR) is 131 cm³/mol. The average Bonchev–Trinajstić information content (AvgIpc) is 3.49. The van der Waals surface area contributed by atoms with Crippen LogP contribution in [0.3, 0.4) is 0 Å². The van der Waals surface area contributed by atoms with Crippen molar-refractivity contribution in [2.24, 2.45) is 17.8 Å². The van der Waals surface area contributed by atoms with Crippen LogP contribution in [-0.2, 0) is 28.6 Å². The first kappa shape index (κ1) is 27.3. The number of rotatable bonds is 11. The zero-order chi connectivity index (χ0) is 26.1. The monoisotopic (exact) mass is 509 g/mol. The maximum absolute atomic E-state index is 14.1. The number of ether oxygens (including phenoxy) is 3. The summed E-state index contributed by atoms with van der Waals surface area (Å²) in [7, 11) is 0. The van der Waals surface area contributed by atoms with Crippen LogP contribution in [0.25, 0.3) is 0 Å². The normalized spacial score (nSPS) is 35.5. The van der Waals surface area contributed by atoms with Gasteiger partial charge in [0.05, 0.1) is 44.0 Å². The number of nitrogens with zero attached hydrogens (tertiary/aromatic N) is 2. The molecule has 1 spiro atoms. The maximum atomic E-state index is 14.1. The molecule has 4 heterocycles. The minimum absolute atomic E-state index is 0.0313. The van der Waals surface area contributed by atoms with Crippen LogP contribution in [0.4, 0.5) is 0 Å². The Hall–Kier alpha value is -1.75. The second-order valence-corrected chi connectivity index (χ2v) is 10.7. The Morgan fingerprint density at radius 3 is 2.56 bits per heavy atom. The Kier molecular flexibility index (Phi) is 8.29. The molecule has 0 aromatic carbocycles. The van der Waals surface area contributed by atoms with E-state index in [4.69, 9.17) is 14.2 Å². The Bertz CT molecular complexity index is 834. The molecular formula is C26H43N3O7. The van der Waals surface area contributed by atoms with E-state index in [9.17, 15) is 19.5 Å². The lowest BCUT2D eigenvalue weighted by atomic mass is 9.65. The van der Waals surface area contributed by atoms with Gasteiger partial charge in [-0.1, -0.05) is 27.2 Å². The van der Waals surface area contributed by atoms with E-state index in [0.29, 0.717) is 45.6 Å². The second kappa shape index (κ2) is 10.9. The molecule has 2 unspecified atom stereocenters. The largest absolute Gasteiger partial charge is 0.466 e. The third-order valence-corrected chi connectivity index (χ3v) is 9.08. The van der Waals surface area contributed by atoms with Gasteiger partial charge in [-0.15, -0.1) is 0 Å². The van der Waals surface area contributed by atoms with Crippen LogP contribution in [0, 0.1) is 17.8 Å². The molecule has 4 aliphatic heterocycles. The molecule has 2 bridgehead atoms. The van der Waals surface area contributed by atoms with E-state index in [1.807, 2.05) is 20.8 Å². The Morgan fingerprint density at radius 2 is 1.94 bits per heavy atom. The zero-order valence-electron chi connectivity index (χ0n) is 22.2. The molecule has 0 aromatic heterocycles. The van der Waals surface area contributed by atoms with Crippen molar-refractivity contribution in [2.75, 3.05) is 52.6 Å². The standard InChI is InChI=1S/C26H43N3O7/c1-5-17(4)18(16-30)29-21(22(31)27-10-11-28-12-14-34-15-13-28)26-9-8-25(6-2,36-26)20(19(26)23(29)32)24(33)35-7-3/h17-21,30H,5-16H2,1-4H3,(H,27,31)/t17-,18-,19-,20-,21?,25+,26?/m0/s1. The summed E-state index contributed by atoms with van der Waals surface area (Å²) in [6, 6.07) is -1.45. The number of morpholine rings is 1. The molecule has 0 aliphatic carbocycles. The van der Waals surface area contributed by atoms with Crippen molar-refractivity contribution in [3.05, 3.63) is 0 Å². The van der Waals surface area contributed by atoms with E-state index in [2.05, 4.69) is 10.2 Å². The Labute approximate surface area is 214 Å². The van der Waals surface area contributed by atoms with Gasteiger partial charge in [0.2, 0.25) is 11.8 Å². The SMILES string of the molecule is CCOC(=O)[C@@H]1[C@H]2C(=O)N([C@@H](CO)[C@@H](C)CC)C(C(=O)NCCN3CCOCC3)C23CC[C@@]1(CC)O3. The lowest BCUT2D eigenvalue weighted by Gasteiger charge is -2.39. The van der Waals surface area contributed by atoms with Crippen molar-refractivity contribution in [1.82, 2.24) is 15.1 Å². The smallest absolute Gasteiger partial charge is 0.312 e. The number of carbonyl (C=O) groups is 3. The van der Waals surface area contributed by atoms with Gasteiger partial charge in [0.1, 0.15) is 17.6 Å². The number of nitrogens with one attached hydrogen (secondary N) is 1. The zero-order valence-corrected chi connectivity index (χ0v) is 22.2. The van der Waals surface area contributed by atoms with Crippen LogP contribution in [0.15, 0.2) is 0 Å². The third kappa shape index (κ3) is 4.33. The van der Waals surface area contributed by atoms with Crippen molar-refractivity contribution in [3.8, 4) is 0 Å². The fourth-order valence-electron chi connectivity index (χ4n) is 6.98. The van der Waals surface area contributed by atoms with Crippen molar-refractivity contribution >= 4 is 17.8 Å². The van der Waals surface area contributed by atoms with Gasteiger partial charge < -0.3 is 29.5 Å². The number of esters is 1. The minimum Gasteiger partial charge on any atom is -0.466 e. The highest BCUT2D eigenvalue weighted by atomic mass is 16.6. The first-order valence-electron chi connectivity index (χ1n) is 13.7. The second-order valence-electron chi connectivity index (χ2n) is 10.7. The molecule has 4 rings (SSSR count).